The zero-order valence-corrected chi connectivity index (χ0v) is 13.6. The molecule has 0 amide bonds. The van der Waals surface area contributed by atoms with Gasteiger partial charge in [0.1, 0.15) is 19.0 Å². The molecular formula is C14H23N5O4. The zero-order chi connectivity index (χ0) is 17.8. The zero-order valence-electron chi connectivity index (χ0n) is 13.6. The standard InChI is InChI=1S/C13H18N4O4.CH5N/c1-8(21-16-9(2)15-14)10-6-4-5-7-11(10)12(13(18)19)17-20-3;1-2/h4-8H,14H2,1-3H3,(H,15,16)(H,18,19);2H2,1H3/b17-12+;. The van der Waals surface area contributed by atoms with Gasteiger partial charge in [0.2, 0.25) is 0 Å². The fourth-order valence-electron chi connectivity index (χ4n) is 1.63. The lowest BCUT2D eigenvalue weighted by Gasteiger charge is -2.17. The van der Waals surface area contributed by atoms with Gasteiger partial charge in [0, 0.05) is 5.56 Å². The molecule has 1 aromatic rings. The fourth-order valence-corrected chi connectivity index (χ4v) is 1.63. The lowest BCUT2D eigenvalue weighted by Crippen LogP contribution is -2.25. The number of hydrogen-bond donors (Lipinski definition) is 4. The van der Waals surface area contributed by atoms with Crippen molar-refractivity contribution < 1.29 is 19.6 Å². The highest BCUT2D eigenvalue weighted by atomic mass is 16.7. The van der Waals surface area contributed by atoms with Crippen LogP contribution in [0.5, 0.6) is 0 Å². The molecule has 9 nitrogen and oxygen atoms in total. The van der Waals surface area contributed by atoms with E-state index in [0.717, 1.165) is 0 Å². The largest absolute Gasteiger partial charge is 0.476 e. The molecule has 0 fully saturated rings. The molecule has 1 unspecified atom stereocenters. The van der Waals surface area contributed by atoms with E-state index in [9.17, 15) is 9.90 Å². The lowest BCUT2D eigenvalue weighted by molar-refractivity contribution is -0.129. The average Bonchev–Trinajstić information content (AvgIpc) is 2.58. The second-order valence-electron chi connectivity index (χ2n) is 4.09. The molecule has 0 saturated carbocycles. The predicted octanol–water partition coefficient (Wildman–Crippen LogP) is 0.571. The minimum atomic E-state index is -1.19. The van der Waals surface area contributed by atoms with Gasteiger partial charge in [-0.05, 0) is 26.5 Å². The highest BCUT2D eigenvalue weighted by Crippen LogP contribution is 2.21. The molecule has 6 N–H and O–H groups in total. The van der Waals surface area contributed by atoms with Gasteiger partial charge in [0.25, 0.3) is 0 Å². The summed E-state index contributed by atoms with van der Waals surface area (Å²) in [6.45, 7) is 3.38. The molecule has 0 radical (unpaired) electrons. The topological polar surface area (TPSA) is 145 Å². The van der Waals surface area contributed by atoms with Crippen molar-refractivity contribution in [3.05, 3.63) is 35.4 Å². The molecule has 0 saturated heterocycles. The quantitative estimate of drug-likeness (QED) is 0.259. The number of benzene rings is 1. The van der Waals surface area contributed by atoms with Crippen molar-refractivity contribution in [1.29, 1.82) is 0 Å². The van der Waals surface area contributed by atoms with Crippen molar-refractivity contribution in [3.8, 4) is 0 Å². The first-order chi connectivity index (χ1) is 11.0. The van der Waals surface area contributed by atoms with Crippen molar-refractivity contribution in [3.63, 3.8) is 0 Å². The Morgan fingerprint density at radius 1 is 1.35 bits per heavy atom. The Balaban J connectivity index is 0.00000232. The van der Waals surface area contributed by atoms with Crippen LogP contribution in [-0.2, 0) is 14.5 Å². The fraction of sp³-hybridized carbons (Fsp3) is 0.357. The van der Waals surface area contributed by atoms with Gasteiger partial charge in [-0.1, -0.05) is 29.4 Å². The van der Waals surface area contributed by atoms with E-state index in [-0.39, 0.29) is 5.71 Å². The summed E-state index contributed by atoms with van der Waals surface area (Å²) in [7, 11) is 2.79. The lowest BCUT2D eigenvalue weighted by atomic mass is 9.99. The van der Waals surface area contributed by atoms with E-state index >= 15 is 0 Å². The van der Waals surface area contributed by atoms with Gasteiger partial charge in [-0.15, -0.1) is 0 Å². The Morgan fingerprint density at radius 2 is 1.96 bits per heavy atom. The number of carboxylic acids is 1. The maximum atomic E-state index is 11.3. The number of hydroxylamine groups is 1. The second kappa shape index (κ2) is 11.0. The van der Waals surface area contributed by atoms with Gasteiger partial charge in [0.15, 0.2) is 5.71 Å². The number of nitrogens with two attached hydrogens (primary N) is 2. The summed E-state index contributed by atoms with van der Waals surface area (Å²) in [5, 5.41) is 16.2. The molecule has 1 atom stereocenters. The third kappa shape index (κ3) is 6.32. The highest BCUT2D eigenvalue weighted by molar-refractivity contribution is 6.42. The number of amidine groups is 1. The van der Waals surface area contributed by atoms with E-state index in [1.807, 2.05) is 0 Å². The monoisotopic (exact) mass is 325 g/mol. The van der Waals surface area contributed by atoms with Crippen LogP contribution in [0.25, 0.3) is 0 Å². The van der Waals surface area contributed by atoms with E-state index in [4.69, 9.17) is 10.7 Å². The molecule has 0 bridgehead atoms. The van der Waals surface area contributed by atoms with E-state index < -0.39 is 12.1 Å². The Kier molecular flexibility index (Phi) is 9.72. The van der Waals surface area contributed by atoms with Crippen molar-refractivity contribution in [1.82, 2.24) is 5.48 Å². The molecule has 1 aromatic carbocycles. The summed E-state index contributed by atoms with van der Waals surface area (Å²) in [6, 6.07) is 6.85. The number of oxime groups is 1. The van der Waals surface area contributed by atoms with Gasteiger partial charge in [-0.3, -0.25) is 10.3 Å². The van der Waals surface area contributed by atoms with Gasteiger partial charge < -0.3 is 21.5 Å². The van der Waals surface area contributed by atoms with E-state index in [1.165, 1.54) is 14.2 Å². The Bertz CT molecular complexity index is 560. The number of nitrogens with zero attached hydrogens (tertiary/aromatic N) is 2. The number of rotatable bonds is 6. The molecular weight excluding hydrogens is 302 g/mol. The van der Waals surface area contributed by atoms with Crippen LogP contribution in [0.4, 0.5) is 0 Å². The molecule has 0 aromatic heterocycles. The summed E-state index contributed by atoms with van der Waals surface area (Å²) in [5.41, 5.74) is 7.90. The van der Waals surface area contributed by atoms with Crippen molar-refractivity contribution >= 4 is 17.5 Å². The van der Waals surface area contributed by atoms with E-state index in [0.29, 0.717) is 17.0 Å². The first kappa shape index (κ1) is 20.3. The molecule has 0 spiro atoms. The Morgan fingerprint density at radius 3 is 2.48 bits per heavy atom. The number of hydrazone groups is 1. The molecule has 1 rings (SSSR count). The van der Waals surface area contributed by atoms with Crippen molar-refractivity contribution in [2.45, 2.75) is 20.0 Å². The molecule has 9 heteroatoms. The van der Waals surface area contributed by atoms with Crippen LogP contribution in [-0.4, -0.2) is 36.8 Å². The summed E-state index contributed by atoms with van der Waals surface area (Å²) in [4.78, 5) is 21.2. The van der Waals surface area contributed by atoms with Crippen LogP contribution in [0.1, 0.15) is 31.1 Å². The maximum Gasteiger partial charge on any atom is 0.358 e. The Hall–Kier alpha value is -2.65. The van der Waals surface area contributed by atoms with Crippen LogP contribution < -0.4 is 17.1 Å². The number of aliphatic carboxylic acids is 1. The summed E-state index contributed by atoms with van der Waals surface area (Å²) >= 11 is 0. The summed E-state index contributed by atoms with van der Waals surface area (Å²) in [5.74, 6) is 4.29. The van der Waals surface area contributed by atoms with Crippen LogP contribution >= 0.6 is 0 Å². The number of hydrogen-bond acceptors (Lipinski definition) is 7. The molecule has 23 heavy (non-hydrogen) atoms. The van der Waals surface area contributed by atoms with Crippen LogP contribution in [0.15, 0.2) is 34.5 Å². The number of nitrogens with one attached hydrogen (secondary N) is 1. The first-order valence-electron chi connectivity index (χ1n) is 6.68. The first-order valence-corrected chi connectivity index (χ1v) is 6.68. The molecule has 128 valence electrons. The van der Waals surface area contributed by atoms with Crippen molar-refractivity contribution in [2.75, 3.05) is 14.2 Å². The highest BCUT2D eigenvalue weighted by Gasteiger charge is 2.20. The van der Waals surface area contributed by atoms with Crippen molar-refractivity contribution in [2.24, 2.45) is 21.8 Å². The maximum absolute atomic E-state index is 11.3. The summed E-state index contributed by atoms with van der Waals surface area (Å²) < 4.78 is 0. The number of carbonyl (C=O) groups is 1. The molecule has 0 heterocycles. The number of carboxylic acid groups (broad SMARTS) is 1. The average molecular weight is 325 g/mol. The molecule has 0 aliphatic rings. The predicted molar refractivity (Wildman–Crippen MR) is 87.7 cm³/mol. The second-order valence-corrected chi connectivity index (χ2v) is 4.09. The van der Waals surface area contributed by atoms with E-state index in [1.54, 1.807) is 38.1 Å². The van der Waals surface area contributed by atoms with Crippen LogP contribution in [0.3, 0.4) is 0 Å². The third-order valence-electron chi connectivity index (χ3n) is 2.62. The summed E-state index contributed by atoms with van der Waals surface area (Å²) in [6.07, 6.45) is -0.459. The van der Waals surface area contributed by atoms with Gasteiger partial charge in [-0.25, -0.2) is 4.79 Å². The van der Waals surface area contributed by atoms with E-state index in [2.05, 4.69) is 26.3 Å². The van der Waals surface area contributed by atoms with Crippen LogP contribution in [0.2, 0.25) is 0 Å². The third-order valence-corrected chi connectivity index (χ3v) is 2.62. The molecule has 0 aliphatic carbocycles. The minimum absolute atomic E-state index is 0.201. The Labute approximate surface area is 134 Å². The normalized spacial score (nSPS) is 12.7. The van der Waals surface area contributed by atoms with Crippen LogP contribution in [0, 0.1) is 0 Å². The van der Waals surface area contributed by atoms with Gasteiger partial charge in [-0.2, -0.15) is 5.10 Å². The SMILES string of the molecule is CN.CO/N=C(/C(=O)O)c1ccccc1C(C)ON/C(C)=N/N. The van der Waals surface area contributed by atoms with Gasteiger partial charge >= 0.3 is 5.97 Å². The van der Waals surface area contributed by atoms with Gasteiger partial charge in [0.05, 0.1) is 0 Å². The molecule has 0 aliphatic heterocycles. The smallest absolute Gasteiger partial charge is 0.358 e. The minimum Gasteiger partial charge on any atom is -0.476 e.